The lowest BCUT2D eigenvalue weighted by Gasteiger charge is -2.14. The van der Waals surface area contributed by atoms with Crippen LogP contribution in [0.25, 0.3) is 16.9 Å². The average molecular weight is 344 g/mol. The van der Waals surface area contributed by atoms with E-state index in [4.69, 9.17) is 4.98 Å². The molecule has 0 radical (unpaired) electrons. The number of carbonyl (C=O) groups excluding carboxylic acids is 1. The predicted molar refractivity (Wildman–Crippen MR) is 101 cm³/mol. The van der Waals surface area contributed by atoms with Crippen molar-refractivity contribution in [2.75, 3.05) is 0 Å². The van der Waals surface area contributed by atoms with Gasteiger partial charge in [0.1, 0.15) is 11.9 Å². The fraction of sp³-hybridized carbons (Fsp3) is 0.190. The van der Waals surface area contributed by atoms with Crippen molar-refractivity contribution in [3.05, 3.63) is 77.6 Å². The van der Waals surface area contributed by atoms with Crippen LogP contribution in [0.3, 0.4) is 0 Å². The number of pyridine rings is 1. The lowest BCUT2D eigenvalue weighted by atomic mass is 9.97. The summed E-state index contributed by atoms with van der Waals surface area (Å²) < 4.78 is 3.91. The molecule has 4 aromatic rings. The van der Waals surface area contributed by atoms with Crippen LogP contribution in [0, 0.1) is 13.8 Å². The molecular weight excluding hydrogens is 324 g/mol. The van der Waals surface area contributed by atoms with Crippen LogP contribution >= 0.6 is 0 Å². The zero-order chi connectivity index (χ0) is 18.3. The van der Waals surface area contributed by atoms with Crippen LogP contribution in [-0.4, -0.2) is 25.2 Å². The molecule has 1 unspecified atom stereocenters. The highest BCUT2D eigenvalue weighted by atomic mass is 16.1. The highest BCUT2D eigenvalue weighted by molar-refractivity contribution is 5.76. The summed E-state index contributed by atoms with van der Waals surface area (Å²) in [6.07, 6.45) is 6.46. The molecule has 5 heteroatoms. The largest absolute Gasteiger partial charge is 0.337 e. The van der Waals surface area contributed by atoms with Gasteiger partial charge in [-0.25, -0.2) is 9.97 Å². The Morgan fingerprint density at radius 3 is 2.42 bits per heavy atom. The minimum Gasteiger partial charge on any atom is -0.337 e. The molecule has 3 aromatic heterocycles. The van der Waals surface area contributed by atoms with E-state index in [2.05, 4.69) is 36.2 Å². The summed E-state index contributed by atoms with van der Waals surface area (Å²) in [5.74, 6) is -0.449. The van der Waals surface area contributed by atoms with Gasteiger partial charge in [-0.1, -0.05) is 35.9 Å². The number of fused-ring (bicyclic) bond motifs is 1. The summed E-state index contributed by atoms with van der Waals surface area (Å²) in [6, 6.07) is 12.3. The molecule has 4 rings (SSSR count). The maximum absolute atomic E-state index is 12.1. The summed E-state index contributed by atoms with van der Waals surface area (Å²) >= 11 is 0. The normalized spacial score (nSPS) is 12.4. The predicted octanol–water partition coefficient (Wildman–Crippen LogP) is 3.68. The van der Waals surface area contributed by atoms with Gasteiger partial charge >= 0.3 is 0 Å². The van der Waals surface area contributed by atoms with Crippen molar-refractivity contribution in [1.29, 1.82) is 0 Å². The molecule has 0 saturated carbocycles. The van der Waals surface area contributed by atoms with Crippen molar-refractivity contribution in [3.63, 3.8) is 0 Å². The van der Waals surface area contributed by atoms with Crippen LogP contribution in [0.15, 0.2) is 55.1 Å². The fourth-order valence-electron chi connectivity index (χ4n) is 3.33. The zero-order valence-corrected chi connectivity index (χ0v) is 15.0. The van der Waals surface area contributed by atoms with E-state index in [0.29, 0.717) is 0 Å². The van der Waals surface area contributed by atoms with Crippen molar-refractivity contribution >= 4 is 11.9 Å². The number of aromatic nitrogens is 4. The lowest BCUT2D eigenvalue weighted by molar-refractivity contribution is -0.108. The Balaban J connectivity index is 2.03. The smallest absolute Gasteiger partial charge is 0.137 e. The van der Waals surface area contributed by atoms with Gasteiger partial charge < -0.3 is 13.8 Å². The molecule has 0 fully saturated rings. The minimum atomic E-state index is -0.449. The molecule has 1 atom stereocenters. The van der Waals surface area contributed by atoms with E-state index in [1.807, 2.05) is 41.3 Å². The third-order valence-electron chi connectivity index (χ3n) is 4.73. The lowest BCUT2D eigenvalue weighted by Crippen LogP contribution is -2.11. The second kappa shape index (κ2) is 6.26. The summed E-state index contributed by atoms with van der Waals surface area (Å²) in [4.78, 5) is 21.2. The quantitative estimate of drug-likeness (QED) is 0.531. The van der Waals surface area contributed by atoms with Gasteiger partial charge in [-0.3, -0.25) is 0 Å². The zero-order valence-electron chi connectivity index (χ0n) is 15.0. The molecule has 1 aromatic carbocycles. The molecule has 0 aliphatic rings. The van der Waals surface area contributed by atoms with Gasteiger partial charge in [0.2, 0.25) is 0 Å². The highest BCUT2D eigenvalue weighted by Crippen LogP contribution is 2.33. The molecular formula is C21H20N4O. The minimum absolute atomic E-state index is 0.449. The highest BCUT2D eigenvalue weighted by Gasteiger charge is 2.26. The first kappa shape index (κ1) is 16.3. The summed E-state index contributed by atoms with van der Waals surface area (Å²) in [7, 11) is 1.90. The number of carbonyl (C=O) groups is 1. The topological polar surface area (TPSA) is 52.2 Å². The standard InChI is InChI=1S/C21H20N4O/c1-14-4-7-16(8-5-14)20-21(17(12-26)18-10-22-13-24(18)3)25-11-15(2)6-9-19(25)23-20/h4-13,17H,1-3H3. The summed E-state index contributed by atoms with van der Waals surface area (Å²) in [6.45, 7) is 4.09. The maximum Gasteiger partial charge on any atom is 0.137 e. The van der Waals surface area contributed by atoms with Crippen LogP contribution in [-0.2, 0) is 11.8 Å². The number of nitrogens with zero attached hydrogens (tertiary/aromatic N) is 4. The Bertz CT molecular complexity index is 1090. The van der Waals surface area contributed by atoms with E-state index < -0.39 is 5.92 Å². The van der Waals surface area contributed by atoms with Crippen LogP contribution in [0.1, 0.15) is 28.4 Å². The molecule has 0 amide bonds. The molecule has 130 valence electrons. The molecule has 0 N–H and O–H groups in total. The van der Waals surface area contributed by atoms with Crippen molar-refractivity contribution < 1.29 is 4.79 Å². The molecule has 0 bridgehead atoms. The third kappa shape index (κ3) is 2.62. The molecule has 0 aliphatic carbocycles. The van der Waals surface area contributed by atoms with Crippen LogP contribution in [0.4, 0.5) is 0 Å². The fourth-order valence-corrected chi connectivity index (χ4v) is 3.33. The van der Waals surface area contributed by atoms with Gasteiger partial charge in [-0.05, 0) is 25.5 Å². The first-order valence-corrected chi connectivity index (χ1v) is 8.55. The second-order valence-electron chi connectivity index (χ2n) is 6.69. The first-order chi connectivity index (χ1) is 12.6. The Labute approximate surface area is 152 Å². The monoisotopic (exact) mass is 344 g/mol. The number of rotatable bonds is 4. The molecule has 0 aliphatic heterocycles. The van der Waals surface area contributed by atoms with E-state index in [1.54, 1.807) is 12.5 Å². The number of imidazole rings is 2. The van der Waals surface area contributed by atoms with E-state index in [1.165, 1.54) is 5.56 Å². The summed E-state index contributed by atoms with van der Waals surface area (Å²) in [5, 5.41) is 0. The number of hydrogen-bond acceptors (Lipinski definition) is 3. The van der Waals surface area contributed by atoms with Crippen molar-refractivity contribution in [2.24, 2.45) is 7.05 Å². The van der Waals surface area contributed by atoms with Crippen LogP contribution in [0.2, 0.25) is 0 Å². The maximum atomic E-state index is 12.1. The number of aryl methyl sites for hydroxylation is 3. The van der Waals surface area contributed by atoms with Gasteiger partial charge in [0.05, 0.1) is 29.3 Å². The Morgan fingerprint density at radius 2 is 1.77 bits per heavy atom. The average Bonchev–Trinajstić information content (AvgIpc) is 3.21. The van der Waals surface area contributed by atoms with Gasteiger partial charge in [-0.15, -0.1) is 0 Å². The van der Waals surface area contributed by atoms with Gasteiger partial charge in [-0.2, -0.15) is 0 Å². The van der Waals surface area contributed by atoms with Crippen LogP contribution < -0.4 is 0 Å². The molecule has 26 heavy (non-hydrogen) atoms. The third-order valence-corrected chi connectivity index (χ3v) is 4.73. The van der Waals surface area contributed by atoms with Gasteiger partial charge in [0.15, 0.2) is 0 Å². The van der Waals surface area contributed by atoms with E-state index in [9.17, 15) is 4.79 Å². The molecule has 0 spiro atoms. The van der Waals surface area contributed by atoms with E-state index in [0.717, 1.165) is 40.1 Å². The summed E-state index contributed by atoms with van der Waals surface area (Å²) in [5.41, 5.74) is 6.67. The Morgan fingerprint density at radius 1 is 1.04 bits per heavy atom. The van der Waals surface area contributed by atoms with Gasteiger partial charge in [0.25, 0.3) is 0 Å². The molecule has 3 heterocycles. The Kier molecular flexibility index (Phi) is 3.92. The molecule has 0 saturated heterocycles. The van der Waals surface area contributed by atoms with E-state index in [-0.39, 0.29) is 0 Å². The van der Waals surface area contributed by atoms with Crippen molar-refractivity contribution in [1.82, 2.24) is 18.9 Å². The number of hydrogen-bond donors (Lipinski definition) is 0. The number of aldehydes is 1. The van der Waals surface area contributed by atoms with Gasteiger partial charge in [0, 0.05) is 25.0 Å². The van der Waals surface area contributed by atoms with E-state index >= 15 is 0 Å². The SMILES string of the molecule is Cc1ccc(-c2nc3ccc(C)cn3c2C(C=O)c2cncn2C)cc1. The second-order valence-corrected chi connectivity index (χ2v) is 6.69. The van der Waals surface area contributed by atoms with Crippen molar-refractivity contribution in [2.45, 2.75) is 19.8 Å². The van der Waals surface area contributed by atoms with Crippen LogP contribution in [0.5, 0.6) is 0 Å². The Hall–Kier alpha value is -3.21. The molecule has 5 nitrogen and oxygen atoms in total. The number of benzene rings is 1. The first-order valence-electron chi connectivity index (χ1n) is 8.55. The van der Waals surface area contributed by atoms with Crippen molar-refractivity contribution in [3.8, 4) is 11.3 Å².